The fourth-order valence-corrected chi connectivity index (χ4v) is 3.18. The van der Waals surface area contributed by atoms with E-state index >= 15 is 0 Å². The number of halogens is 1. The first kappa shape index (κ1) is 15.1. The molecule has 110 valence electrons. The van der Waals surface area contributed by atoms with Crippen LogP contribution in [-0.4, -0.2) is 35.7 Å². The van der Waals surface area contributed by atoms with Crippen molar-refractivity contribution >= 4 is 17.6 Å². The van der Waals surface area contributed by atoms with Gasteiger partial charge in [-0.3, -0.25) is 9.69 Å². The molecule has 1 unspecified atom stereocenters. The summed E-state index contributed by atoms with van der Waals surface area (Å²) >= 11 is 6.11. The van der Waals surface area contributed by atoms with Crippen LogP contribution >= 0.6 is 11.6 Å². The van der Waals surface area contributed by atoms with Gasteiger partial charge in [0.1, 0.15) is 11.8 Å². The largest absolute Gasteiger partial charge is 0.496 e. The number of aliphatic carboxylic acids is 1. The highest BCUT2D eigenvalue weighted by Crippen LogP contribution is 2.30. The van der Waals surface area contributed by atoms with Crippen LogP contribution in [0, 0.1) is 6.92 Å². The minimum absolute atomic E-state index is 0.409. The molecule has 1 atom stereocenters. The number of carboxylic acids is 1. The van der Waals surface area contributed by atoms with Gasteiger partial charge in [0.25, 0.3) is 0 Å². The van der Waals surface area contributed by atoms with Crippen LogP contribution in [0.25, 0.3) is 0 Å². The Morgan fingerprint density at radius 2 is 2.25 bits per heavy atom. The summed E-state index contributed by atoms with van der Waals surface area (Å²) in [6.07, 6.45) is 2.71. The summed E-state index contributed by atoms with van der Waals surface area (Å²) in [5.41, 5.74) is 1.92. The number of carboxylic acid groups (broad SMARTS) is 1. The molecule has 1 aromatic carbocycles. The molecule has 1 fully saturated rings. The molecule has 0 aromatic heterocycles. The third-order valence-corrected chi connectivity index (χ3v) is 4.01. The van der Waals surface area contributed by atoms with Gasteiger partial charge in [-0.25, -0.2) is 0 Å². The molecule has 0 amide bonds. The van der Waals surface area contributed by atoms with Gasteiger partial charge < -0.3 is 9.84 Å². The Bertz CT molecular complexity index is 504. The molecule has 0 bridgehead atoms. The molecule has 1 aliphatic heterocycles. The van der Waals surface area contributed by atoms with Crippen molar-refractivity contribution in [2.24, 2.45) is 0 Å². The van der Waals surface area contributed by atoms with E-state index in [1.165, 1.54) is 0 Å². The number of ether oxygens (including phenoxy) is 1. The van der Waals surface area contributed by atoms with Gasteiger partial charge in [0.15, 0.2) is 0 Å². The lowest BCUT2D eigenvalue weighted by Crippen LogP contribution is -2.44. The summed E-state index contributed by atoms with van der Waals surface area (Å²) < 4.78 is 5.44. The van der Waals surface area contributed by atoms with Crippen molar-refractivity contribution < 1.29 is 14.6 Å². The number of aryl methyl sites for hydroxylation is 1. The van der Waals surface area contributed by atoms with Crippen molar-refractivity contribution in [1.82, 2.24) is 4.90 Å². The first-order valence-corrected chi connectivity index (χ1v) is 7.20. The van der Waals surface area contributed by atoms with Crippen LogP contribution in [0.2, 0.25) is 5.02 Å². The number of hydrogen-bond acceptors (Lipinski definition) is 3. The van der Waals surface area contributed by atoms with E-state index in [1.807, 2.05) is 24.0 Å². The fourth-order valence-electron chi connectivity index (χ4n) is 2.89. The maximum atomic E-state index is 11.3. The molecule has 0 radical (unpaired) electrons. The number of carbonyl (C=O) groups is 1. The summed E-state index contributed by atoms with van der Waals surface area (Å²) in [6, 6.07) is 3.31. The average molecular weight is 298 g/mol. The molecule has 4 nitrogen and oxygen atoms in total. The second-order valence-electron chi connectivity index (χ2n) is 5.24. The molecule has 1 aromatic rings. The molecule has 0 spiro atoms. The first-order chi connectivity index (χ1) is 9.52. The quantitative estimate of drug-likeness (QED) is 0.928. The number of rotatable bonds is 4. The first-order valence-electron chi connectivity index (χ1n) is 6.82. The SMILES string of the molecule is COc1c(C)cc(Cl)cc1CN1CCCCC1C(=O)O. The lowest BCUT2D eigenvalue weighted by molar-refractivity contribution is -0.144. The highest BCUT2D eigenvalue weighted by molar-refractivity contribution is 6.30. The number of piperidine rings is 1. The summed E-state index contributed by atoms with van der Waals surface area (Å²) in [5.74, 6) is 0.0477. The Kier molecular flexibility index (Phi) is 4.89. The van der Waals surface area contributed by atoms with Crippen LogP contribution in [0.5, 0.6) is 5.75 Å². The molecule has 1 saturated heterocycles. The van der Waals surface area contributed by atoms with E-state index in [0.29, 0.717) is 18.0 Å². The molecule has 0 saturated carbocycles. The van der Waals surface area contributed by atoms with E-state index in [-0.39, 0.29) is 0 Å². The van der Waals surface area contributed by atoms with E-state index in [2.05, 4.69) is 0 Å². The zero-order chi connectivity index (χ0) is 14.7. The van der Waals surface area contributed by atoms with E-state index in [0.717, 1.165) is 36.3 Å². The second-order valence-corrected chi connectivity index (χ2v) is 5.67. The highest BCUT2D eigenvalue weighted by atomic mass is 35.5. The van der Waals surface area contributed by atoms with E-state index in [1.54, 1.807) is 7.11 Å². The van der Waals surface area contributed by atoms with Crippen LogP contribution in [0.15, 0.2) is 12.1 Å². The molecule has 5 heteroatoms. The highest BCUT2D eigenvalue weighted by Gasteiger charge is 2.29. The van der Waals surface area contributed by atoms with Crippen LogP contribution in [0.1, 0.15) is 30.4 Å². The average Bonchev–Trinajstić information content (AvgIpc) is 2.38. The van der Waals surface area contributed by atoms with Gasteiger partial charge in [0.2, 0.25) is 0 Å². The lowest BCUT2D eigenvalue weighted by Gasteiger charge is -2.33. The minimum Gasteiger partial charge on any atom is -0.496 e. The predicted octanol–water partition coefficient (Wildman–Crippen LogP) is 3.10. The van der Waals surface area contributed by atoms with Gasteiger partial charge in [-0.2, -0.15) is 0 Å². The van der Waals surface area contributed by atoms with Crippen molar-refractivity contribution in [2.45, 2.75) is 38.8 Å². The molecule has 1 aliphatic rings. The second kappa shape index (κ2) is 6.46. The number of likely N-dealkylation sites (tertiary alicyclic amines) is 1. The van der Waals surface area contributed by atoms with Crippen LogP contribution in [-0.2, 0) is 11.3 Å². The maximum absolute atomic E-state index is 11.3. The van der Waals surface area contributed by atoms with E-state index in [4.69, 9.17) is 16.3 Å². The molecule has 1 heterocycles. The molecular formula is C15H20ClNO3. The zero-order valence-corrected chi connectivity index (χ0v) is 12.6. The standard InChI is InChI=1S/C15H20ClNO3/c1-10-7-12(16)8-11(14(10)20-2)9-17-6-4-3-5-13(17)15(18)19/h7-8,13H,3-6,9H2,1-2H3,(H,18,19). The van der Waals surface area contributed by atoms with Crippen molar-refractivity contribution in [3.05, 3.63) is 28.3 Å². The Morgan fingerprint density at radius 3 is 2.90 bits per heavy atom. The molecular weight excluding hydrogens is 278 g/mol. The smallest absolute Gasteiger partial charge is 0.320 e. The monoisotopic (exact) mass is 297 g/mol. The van der Waals surface area contributed by atoms with Crippen molar-refractivity contribution in [2.75, 3.05) is 13.7 Å². The number of benzene rings is 1. The Hall–Kier alpha value is -1.26. The van der Waals surface area contributed by atoms with Gasteiger partial charge in [-0.15, -0.1) is 0 Å². The molecule has 20 heavy (non-hydrogen) atoms. The summed E-state index contributed by atoms with van der Waals surface area (Å²) in [5, 5.41) is 9.98. The van der Waals surface area contributed by atoms with Gasteiger partial charge in [-0.05, 0) is 44.0 Å². The van der Waals surface area contributed by atoms with Gasteiger partial charge in [0.05, 0.1) is 7.11 Å². The zero-order valence-electron chi connectivity index (χ0n) is 11.9. The van der Waals surface area contributed by atoms with Crippen LogP contribution < -0.4 is 4.74 Å². The number of nitrogens with zero attached hydrogens (tertiary/aromatic N) is 1. The van der Waals surface area contributed by atoms with E-state index < -0.39 is 12.0 Å². The summed E-state index contributed by atoms with van der Waals surface area (Å²) in [4.78, 5) is 13.3. The van der Waals surface area contributed by atoms with Crippen molar-refractivity contribution in [1.29, 1.82) is 0 Å². The molecule has 1 N–H and O–H groups in total. The Labute approximate surface area is 124 Å². The molecule has 0 aliphatic carbocycles. The molecule has 2 rings (SSSR count). The number of hydrogen-bond donors (Lipinski definition) is 1. The fraction of sp³-hybridized carbons (Fsp3) is 0.533. The van der Waals surface area contributed by atoms with Gasteiger partial charge in [-0.1, -0.05) is 18.0 Å². The van der Waals surface area contributed by atoms with Crippen LogP contribution in [0.3, 0.4) is 0 Å². The third-order valence-electron chi connectivity index (χ3n) is 3.79. The van der Waals surface area contributed by atoms with Crippen molar-refractivity contribution in [3.8, 4) is 5.75 Å². The topological polar surface area (TPSA) is 49.8 Å². The van der Waals surface area contributed by atoms with Gasteiger partial charge in [0, 0.05) is 17.1 Å². The number of methoxy groups -OCH3 is 1. The Morgan fingerprint density at radius 1 is 1.50 bits per heavy atom. The van der Waals surface area contributed by atoms with E-state index in [9.17, 15) is 9.90 Å². The summed E-state index contributed by atoms with van der Waals surface area (Å²) in [6.45, 7) is 3.30. The Balaban J connectivity index is 2.26. The minimum atomic E-state index is -0.748. The van der Waals surface area contributed by atoms with Crippen molar-refractivity contribution in [3.63, 3.8) is 0 Å². The van der Waals surface area contributed by atoms with Crippen LogP contribution in [0.4, 0.5) is 0 Å². The third kappa shape index (κ3) is 3.25. The van der Waals surface area contributed by atoms with Gasteiger partial charge >= 0.3 is 5.97 Å². The predicted molar refractivity (Wildman–Crippen MR) is 78.4 cm³/mol. The normalized spacial score (nSPS) is 19.9. The lowest BCUT2D eigenvalue weighted by atomic mass is 10.0. The summed E-state index contributed by atoms with van der Waals surface area (Å²) in [7, 11) is 1.63. The maximum Gasteiger partial charge on any atom is 0.320 e.